The minimum atomic E-state index is -0.420. The summed E-state index contributed by atoms with van der Waals surface area (Å²) in [7, 11) is 0. The zero-order valence-corrected chi connectivity index (χ0v) is 23.4. The molecule has 3 aromatic carbocycles. The molecule has 4 rings (SSSR count). The average Bonchev–Trinajstić information content (AvgIpc) is 3.13. The van der Waals surface area contributed by atoms with Gasteiger partial charge in [-0.1, -0.05) is 47.5 Å². The summed E-state index contributed by atoms with van der Waals surface area (Å²) in [6, 6.07) is 17.8. The zero-order valence-electron chi connectivity index (χ0n) is 19.5. The summed E-state index contributed by atoms with van der Waals surface area (Å²) in [6.07, 6.45) is 1.64. The van der Waals surface area contributed by atoms with Crippen molar-refractivity contribution in [1.29, 1.82) is 5.26 Å². The lowest BCUT2D eigenvalue weighted by Gasteiger charge is -2.15. The fourth-order valence-corrected chi connectivity index (χ4v) is 5.32. The van der Waals surface area contributed by atoms with Crippen molar-refractivity contribution in [2.24, 2.45) is 0 Å². The molecule has 2 amide bonds. The van der Waals surface area contributed by atoms with Crippen LogP contribution in [0.5, 0.6) is 11.5 Å². The molecule has 0 aromatic heterocycles. The van der Waals surface area contributed by atoms with E-state index in [0.29, 0.717) is 49.3 Å². The number of carbonyl (C=O) groups is 2. The Morgan fingerprint density at radius 1 is 1.08 bits per heavy atom. The van der Waals surface area contributed by atoms with Gasteiger partial charge in [0, 0.05) is 0 Å². The number of amides is 2. The third-order valence-corrected chi connectivity index (χ3v) is 7.57. The van der Waals surface area contributed by atoms with Crippen LogP contribution < -0.4 is 9.47 Å². The molecule has 1 aliphatic rings. The van der Waals surface area contributed by atoms with Crippen LogP contribution in [-0.2, 0) is 17.9 Å². The lowest BCUT2D eigenvalue weighted by atomic mass is 10.1. The Balaban J connectivity index is 1.56. The Kier molecular flexibility index (Phi) is 8.83. The first kappa shape index (κ1) is 27.1. The predicted octanol–water partition coefficient (Wildman–Crippen LogP) is 7.84. The quantitative estimate of drug-likeness (QED) is 0.240. The van der Waals surface area contributed by atoms with Crippen LogP contribution in [0.3, 0.4) is 0 Å². The van der Waals surface area contributed by atoms with Crippen LogP contribution in [0.25, 0.3) is 6.08 Å². The number of halogens is 3. The fraction of sp³-hybridized carbons (Fsp3) is 0.148. The van der Waals surface area contributed by atoms with Gasteiger partial charge < -0.3 is 9.47 Å². The summed E-state index contributed by atoms with van der Waals surface area (Å²) >= 11 is 16.5. The number of benzene rings is 3. The summed E-state index contributed by atoms with van der Waals surface area (Å²) in [5.74, 6) is 0.549. The van der Waals surface area contributed by atoms with E-state index in [2.05, 4.69) is 22.0 Å². The van der Waals surface area contributed by atoms with E-state index in [1.54, 1.807) is 54.6 Å². The monoisotopic (exact) mass is 616 g/mol. The van der Waals surface area contributed by atoms with E-state index in [1.807, 2.05) is 13.0 Å². The second kappa shape index (κ2) is 12.1. The normalized spacial score (nSPS) is 14.2. The highest BCUT2D eigenvalue weighted by Crippen LogP contribution is 2.40. The molecule has 1 heterocycles. The predicted molar refractivity (Wildman–Crippen MR) is 149 cm³/mol. The van der Waals surface area contributed by atoms with E-state index < -0.39 is 11.1 Å². The van der Waals surface area contributed by atoms with Crippen molar-refractivity contribution in [3.05, 3.63) is 96.3 Å². The number of hydrogen-bond acceptors (Lipinski definition) is 6. The van der Waals surface area contributed by atoms with Crippen molar-refractivity contribution in [3.8, 4) is 17.6 Å². The van der Waals surface area contributed by atoms with Crippen molar-refractivity contribution in [2.75, 3.05) is 6.61 Å². The van der Waals surface area contributed by atoms with Gasteiger partial charge in [0.2, 0.25) is 0 Å². The molecule has 0 spiro atoms. The molecule has 0 N–H and O–H groups in total. The molecule has 1 aliphatic heterocycles. The molecule has 37 heavy (non-hydrogen) atoms. The van der Waals surface area contributed by atoms with Gasteiger partial charge in [-0.3, -0.25) is 14.5 Å². The maximum Gasteiger partial charge on any atom is 0.293 e. The molecule has 1 fully saturated rings. The molecule has 6 nitrogen and oxygen atoms in total. The molecule has 0 aliphatic carbocycles. The van der Waals surface area contributed by atoms with Crippen molar-refractivity contribution < 1.29 is 19.1 Å². The Morgan fingerprint density at radius 2 is 1.86 bits per heavy atom. The SMILES string of the molecule is CCOc1cc(/C=C2/SC(=O)N(Cc3ccccc3C#N)C2=O)cc(Br)c1OCc1ccc(Cl)c(Cl)c1. The average molecular weight is 618 g/mol. The van der Waals surface area contributed by atoms with Crippen molar-refractivity contribution in [3.63, 3.8) is 0 Å². The molecule has 0 radical (unpaired) electrons. The first-order chi connectivity index (χ1) is 17.8. The molecule has 0 bridgehead atoms. The lowest BCUT2D eigenvalue weighted by Crippen LogP contribution is -2.27. The van der Waals surface area contributed by atoms with Gasteiger partial charge in [0.05, 0.1) is 44.2 Å². The van der Waals surface area contributed by atoms with E-state index in [9.17, 15) is 14.9 Å². The van der Waals surface area contributed by atoms with Crippen LogP contribution in [0.15, 0.2) is 64.0 Å². The van der Waals surface area contributed by atoms with E-state index in [4.69, 9.17) is 32.7 Å². The molecular weight excluding hydrogens is 599 g/mol. The summed E-state index contributed by atoms with van der Waals surface area (Å²) in [5.41, 5.74) is 2.52. The summed E-state index contributed by atoms with van der Waals surface area (Å²) in [5, 5.41) is 9.83. The minimum absolute atomic E-state index is 0.0289. The standard InChI is InChI=1S/C27H19BrCl2N2O4S/c1-2-35-23-11-17(9-20(28)25(23)36-15-16-7-8-21(29)22(30)10-16)12-24-26(33)32(27(34)37-24)14-19-6-4-3-5-18(19)13-31/h3-12H,2,14-15H2,1H3/b24-12+. The number of thioether (sulfide) groups is 1. The Morgan fingerprint density at radius 3 is 2.59 bits per heavy atom. The number of nitrogens with zero attached hydrogens (tertiary/aromatic N) is 2. The summed E-state index contributed by atoms with van der Waals surface area (Å²) < 4.78 is 12.4. The molecule has 10 heteroatoms. The molecule has 0 atom stereocenters. The molecule has 0 saturated carbocycles. The third-order valence-electron chi connectivity index (χ3n) is 5.34. The highest BCUT2D eigenvalue weighted by atomic mass is 79.9. The van der Waals surface area contributed by atoms with E-state index in [-0.39, 0.29) is 18.1 Å². The molecule has 188 valence electrons. The Hall–Kier alpha value is -2.96. The van der Waals surface area contributed by atoms with Crippen LogP contribution in [0.2, 0.25) is 10.0 Å². The number of nitriles is 1. The topological polar surface area (TPSA) is 79.6 Å². The number of imide groups is 1. The van der Waals surface area contributed by atoms with Gasteiger partial charge in [0.15, 0.2) is 11.5 Å². The molecule has 3 aromatic rings. The highest BCUT2D eigenvalue weighted by Gasteiger charge is 2.35. The van der Waals surface area contributed by atoms with E-state index in [0.717, 1.165) is 22.2 Å². The van der Waals surface area contributed by atoms with E-state index in [1.165, 1.54) is 0 Å². The van der Waals surface area contributed by atoms with Gasteiger partial charge >= 0.3 is 0 Å². The summed E-state index contributed by atoms with van der Waals surface area (Å²) in [6.45, 7) is 2.51. The fourth-order valence-electron chi connectivity index (χ4n) is 3.58. The van der Waals surface area contributed by atoms with Crippen LogP contribution in [0.1, 0.15) is 29.2 Å². The minimum Gasteiger partial charge on any atom is -0.490 e. The smallest absolute Gasteiger partial charge is 0.293 e. The summed E-state index contributed by atoms with van der Waals surface area (Å²) in [4.78, 5) is 27.1. The van der Waals surface area contributed by atoms with Gasteiger partial charge in [0.25, 0.3) is 11.1 Å². The highest BCUT2D eigenvalue weighted by molar-refractivity contribution is 9.10. The van der Waals surface area contributed by atoms with Crippen LogP contribution in [-0.4, -0.2) is 22.7 Å². The van der Waals surface area contributed by atoms with Gasteiger partial charge in [-0.2, -0.15) is 5.26 Å². The second-order valence-corrected chi connectivity index (χ2v) is 10.5. The van der Waals surface area contributed by atoms with E-state index >= 15 is 0 Å². The Labute approximate surface area is 236 Å². The van der Waals surface area contributed by atoms with Crippen LogP contribution in [0, 0.1) is 11.3 Å². The number of rotatable bonds is 8. The molecule has 1 saturated heterocycles. The largest absolute Gasteiger partial charge is 0.490 e. The van der Waals surface area contributed by atoms with Gasteiger partial charge in [-0.05, 0) is 87.7 Å². The van der Waals surface area contributed by atoms with Gasteiger partial charge in [-0.15, -0.1) is 0 Å². The van der Waals surface area contributed by atoms with Gasteiger partial charge in [0.1, 0.15) is 6.61 Å². The Bertz CT molecular complexity index is 1450. The van der Waals surface area contributed by atoms with Crippen LogP contribution >= 0.6 is 50.9 Å². The van der Waals surface area contributed by atoms with Crippen LogP contribution in [0.4, 0.5) is 4.79 Å². The zero-order chi connectivity index (χ0) is 26.5. The maximum absolute atomic E-state index is 13.0. The third kappa shape index (κ3) is 6.31. The van der Waals surface area contributed by atoms with Crippen molar-refractivity contribution in [2.45, 2.75) is 20.1 Å². The second-order valence-electron chi connectivity index (χ2n) is 7.84. The maximum atomic E-state index is 13.0. The number of carbonyl (C=O) groups excluding carboxylic acids is 2. The van der Waals surface area contributed by atoms with Crippen molar-refractivity contribution >= 4 is 68.1 Å². The lowest BCUT2D eigenvalue weighted by molar-refractivity contribution is -0.123. The van der Waals surface area contributed by atoms with Crippen molar-refractivity contribution in [1.82, 2.24) is 4.90 Å². The first-order valence-corrected chi connectivity index (χ1v) is 13.4. The number of hydrogen-bond donors (Lipinski definition) is 0. The van der Waals surface area contributed by atoms with Gasteiger partial charge in [-0.25, -0.2) is 0 Å². The number of ether oxygens (including phenoxy) is 2. The molecular formula is C27H19BrCl2N2O4S. The first-order valence-electron chi connectivity index (χ1n) is 11.1. The molecule has 0 unspecified atom stereocenters.